The molecule has 0 fully saturated rings. The molecule has 1 aliphatic rings. The molecule has 1 atom stereocenters. The maximum absolute atomic E-state index is 13.3. The SMILES string of the molecule is Cc1cccc(C(=O)Nc2ccc3c(c2)CC(NS(=O)(=O)c2ccc(Cl)s2)C3)c1-c1ccc(C(F)(F)F)cc1. The molecule has 39 heavy (non-hydrogen) atoms. The Labute approximate surface area is 232 Å². The van der Waals surface area contributed by atoms with Crippen LogP contribution in [0.3, 0.4) is 0 Å². The van der Waals surface area contributed by atoms with Gasteiger partial charge in [-0.05, 0) is 90.0 Å². The average molecular weight is 591 g/mol. The van der Waals surface area contributed by atoms with Gasteiger partial charge in [-0.1, -0.05) is 41.9 Å². The average Bonchev–Trinajstić information content (AvgIpc) is 3.48. The monoisotopic (exact) mass is 590 g/mol. The Balaban J connectivity index is 1.33. The van der Waals surface area contributed by atoms with Gasteiger partial charge in [-0.2, -0.15) is 13.2 Å². The van der Waals surface area contributed by atoms with E-state index in [0.717, 1.165) is 40.2 Å². The Morgan fingerprint density at radius 3 is 2.36 bits per heavy atom. The lowest BCUT2D eigenvalue weighted by Gasteiger charge is -2.15. The number of alkyl halides is 3. The lowest BCUT2D eigenvalue weighted by Crippen LogP contribution is -2.34. The van der Waals surface area contributed by atoms with Crippen LogP contribution in [0, 0.1) is 6.92 Å². The first-order valence-electron chi connectivity index (χ1n) is 11.9. The highest BCUT2D eigenvalue weighted by atomic mass is 35.5. The first-order chi connectivity index (χ1) is 18.4. The van der Waals surface area contributed by atoms with Crippen LogP contribution in [-0.4, -0.2) is 20.4 Å². The van der Waals surface area contributed by atoms with Crippen molar-refractivity contribution in [1.82, 2.24) is 4.72 Å². The fourth-order valence-electron chi connectivity index (χ4n) is 4.76. The van der Waals surface area contributed by atoms with Gasteiger partial charge in [0.05, 0.1) is 9.90 Å². The predicted octanol–water partition coefficient (Wildman–Crippen LogP) is 7.09. The van der Waals surface area contributed by atoms with Gasteiger partial charge in [-0.3, -0.25) is 4.79 Å². The number of hydrogen-bond donors (Lipinski definition) is 2. The fourth-order valence-corrected chi connectivity index (χ4v) is 7.50. The molecule has 3 aromatic carbocycles. The summed E-state index contributed by atoms with van der Waals surface area (Å²) in [7, 11) is -3.70. The normalized spacial score (nSPS) is 15.3. The maximum Gasteiger partial charge on any atom is 0.416 e. The van der Waals surface area contributed by atoms with Crippen LogP contribution < -0.4 is 10.0 Å². The highest BCUT2D eigenvalue weighted by Crippen LogP contribution is 2.34. The molecule has 0 spiro atoms. The van der Waals surface area contributed by atoms with Crippen molar-refractivity contribution in [3.05, 3.63) is 105 Å². The summed E-state index contributed by atoms with van der Waals surface area (Å²) < 4.78 is 67.7. The molecule has 2 N–H and O–H groups in total. The smallest absolute Gasteiger partial charge is 0.322 e. The summed E-state index contributed by atoms with van der Waals surface area (Å²) in [5.74, 6) is -0.404. The minimum atomic E-state index is -4.45. The Morgan fingerprint density at radius 2 is 1.69 bits per heavy atom. The van der Waals surface area contributed by atoms with Crippen LogP contribution >= 0.6 is 22.9 Å². The zero-order valence-corrected chi connectivity index (χ0v) is 22.9. The first-order valence-corrected chi connectivity index (χ1v) is 14.6. The first kappa shape index (κ1) is 27.4. The molecule has 1 heterocycles. The summed E-state index contributed by atoms with van der Waals surface area (Å²) in [6, 6.07) is 18.0. The maximum atomic E-state index is 13.3. The zero-order chi connectivity index (χ0) is 27.9. The number of sulfonamides is 1. The van der Waals surface area contributed by atoms with Crippen molar-refractivity contribution in [2.24, 2.45) is 0 Å². The number of anilines is 1. The molecule has 0 saturated heterocycles. The number of thiophene rings is 1. The highest BCUT2D eigenvalue weighted by molar-refractivity contribution is 7.91. The molecule has 202 valence electrons. The molecule has 11 heteroatoms. The van der Waals surface area contributed by atoms with E-state index in [4.69, 9.17) is 11.6 Å². The number of rotatable bonds is 6. The number of fused-ring (bicyclic) bond motifs is 1. The van der Waals surface area contributed by atoms with Crippen molar-refractivity contribution in [3.8, 4) is 11.1 Å². The zero-order valence-electron chi connectivity index (χ0n) is 20.5. The third kappa shape index (κ3) is 5.89. The topological polar surface area (TPSA) is 75.3 Å². The molecule has 1 unspecified atom stereocenters. The van der Waals surface area contributed by atoms with E-state index in [-0.39, 0.29) is 10.3 Å². The molecule has 4 aromatic rings. The van der Waals surface area contributed by atoms with Crippen LogP contribution in [-0.2, 0) is 29.0 Å². The van der Waals surface area contributed by atoms with Gasteiger partial charge in [0.15, 0.2) is 0 Å². The van der Waals surface area contributed by atoms with Gasteiger partial charge in [-0.15, -0.1) is 11.3 Å². The summed E-state index contributed by atoms with van der Waals surface area (Å²) in [4.78, 5) is 13.3. The third-order valence-corrected chi connectivity index (χ3v) is 9.79. The summed E-state index contributed by atoms with van der Waals surface area (Å²) in [5.41, 5.74) is 3.79. The summed E-state index contributed by atoms with van der Waals surface area (Å²) in [6.45, 7) is 1.80. The minimum Gasteiger partial charge on any atom is -0.322 e. The van der Waals surface area contributed by atoms with Crippen LogP contribution in [0.15, 0.2) is 77.0 Å². The van der Waals surface area contributed by atoms with Crippen molar-refractivity contribution in [1.29, 1.82) is 0 Å². The van der Waals surface area contributed by atoms with Crippen molar-refractivity contribution in [3.63, 3.8) is 0 Å². The van der Waals surface area contributed by atoms with E-state index in [0.29, 0.717) is 39.6 Å². The van der Waals surface area contributed by atoms with E-state index < -0.39 is 27.7 Å². The second kappa shape index (κ2) is 10.4. The van der Waals surface area contributed by atoms with Gasteiger partial charge in [0, 0.05) is 17.3 Å². The van der Waals surface area contributed by atoms with Crippen molar-refractivity contribution in [2.75, 3.05) is 5.32 Å². The van der Waals surface area contributed by atoms with Gasteiger partial charge in [-0.25, -0.2) is 13.1 Å². The number of aryl methyl sites for hydroxylation is 1. The van der Waals surface area contributed by atoms with Crippen molar-refractivity contribution in [2.45, 2.75) is 36.2 Å². The summed E-state index contributed by atoms with van der Waals surface area (Å²) >= 11 is 6.87. The molecule has 5 nitrogen and oxygen atoms in total. The van der Waals surface area contributed by atoms with E-state index in [1.807, 2.05) is 12.1 Å². The summed E-state index contributed by atoms with van der Waals surface area (Å²) in [6.07, 6.45) is -3.48. The molecule has 5 rings (SSSR count). The van der Waals surface area contributed by atoms with Gasteiger partial charge in [0.25, 0.3) is 5.91 Å². The Kier molecular flexibility index (Phi) is 7.32. The van der Waals surface area contributed by atoms with Crippen LogP contribution in [0.1, 0.15) is 32.6 Å². The van der Waals surface area contributed by atoms with Gasteiger partial charge in [0.1, 0.15) is 4.21 Å². The number of carbonyl (C=O) groups excluding carboxylic acids is 1. The third-order valence-electron chi connectivity index (χ3n) is 6.55. The van der Waals surface area contributed by atoms with Crippen LogP contribution in [0.5, 0.6) is 0 Å². The minimum absolute atomic E-state index is 0.151. The number of hydrogen-bond acceptors (Lipinski definition) is 4. The molecule has 0 radical (unpaired) electrons. The highest BCUT2D eigenvalue weighted by Gasteiger charge is 2.30. The number of benzene rings is 3. The van der Waals surface area contributed by atoms with Crippen LogP contribution in [0.25, 0.3) is 11.1 Å². The van der Waals surface area contributed by atoms with Crippen LogP contribution in [0.2, 0.25) is 4.34 Å². The van der Waals surface area contributed by atoms with E-state index in [1.54, 1.807) is 31.2 Å². The molecular weight excluding hydrogens is 569 g/mol. The molecule has 0 bridgehead atoms. The van der Waals surface area contributed by atoms with Crippen LogP contribution in [0.4, 0.5) is 18.9 Å². The molecule has 0 saturated carbocycles. The van der Waals surface area contributed by atoms with Crippen molar-refractivity contribution < 1.29 is 26.4 Å². The molecular formula is C28H22ClF3N2O3S2. The van der Waals surface area contributed by atoms with E-state index in [2.05, 4.69) is 10.0 Å². The molecule has 1 amide bonds. The number of halogens is 4. The number of carbonyl (C=O) groups is 1. The second-order valence-corrected chi connectivity index (χ2v) is 13.0. The van der Waals surface area contributed by atoms with E-state index in [9.17, 15) is 26.4 Å². The van der Waals surface area contributed by atoms with E-state index in [1.165, 1.54) is 24.3 Å². The Bertz CT molecular complexity index is 1670. The van der Waals surface area contributed by atoms with E-state index >= 15 is 0 Å². The largest absolute Gasteiger partial charge is 0.416 e. The van der Waals surface area contributed by atoms with Gasteiger partial charge in [0.2, 0.25) is 10.0 Å². The molecule has 1 aromatic heterocycles. The Hall–Kier alpha value is -3.18. The lowest BCUT2D eigenvalue weighted by molar-refractivity contribution is -0.137. The fraction of sp³-hybridized carbons (Fsp3) is 0.179. The summed E-state index contributed by atoms with van der Waals surface area (Å²) in [5, 5.41) is 2.88. The lowest BCUT2D eigenvalue weighted by atomic mass is 9.93. The second-order valence-electron chi connectivity index (χ2n) is 9.30. The predicted molar refractivity (Wildman–Crippen MR) is 147 cm³/mol. The van der Waals surface area contributed by atoms with Gasteiger partial charge >= 0.3 is 6.18 Å². The quantitative estimate of drug-likeness (QED) is 0.252. The molecule has 1 aliphatic carbocycles. The number of amides is 1. The van der Waals surface area contributed by atoms with Gasteiger partial charge < -0.3 is 5.32 Å². The van der Waals surface area contributed by atoms with Crippen molar-refractivity contribution >= 4 is 44.6 Å². The Morgan fingerprint density at radius 1 is 0.974 bits per heavy atom. The number of nitrogens with one attached hydrogen (secondary N) is 2. The standard InChI is InChI=1S/C28H22ClF3N2O3S2/c1-16-3-2-4-23(26(16)17-5-8-20(9-6-17)28(30,31)32)27(35)33-21-10-7-18-13-22(15-19(18)14-21)34-39(36,37)25-12-11-24(29)38-25/h2-12,14,22,34H,13,15H2,1H3,(H,33,35). The molecule has 0 aliphatic heterocycles.